The lowest BCUT2D eigenvalue weighted by atomic mass is 9.90. The van der Waals surface area contributed by atoms with Crippen LogP contribution < -0.4 is 0 Å². The van der Waals surface area contributed by atoms with Crippen LogP contribution in [0.2, 0.25) is 0 Å². The fraction of sp³-hybridized carbons (Fsp3) is 0.846. The number of carbonyl (C=O) groups is 2. The van der Waals surface area contributed by atoms with Gasteiger partial charge < -0.3 is 14.7 Å². The zero-order chi connectivity index (χ0) is 16.0. The molecule has 0 aromatic rings. The highest BCUT2D eigenvalue weighted by molar-refractivity contribution is 5.73. The average Bonchev–Trinajstić information content (AvgIpc) is 2.36. The molecule has 8 heteroatoms. The number of hydrogen-bond acceptors (Lipinski definition) is 4. The zero-order valence-electron chi connectivity index (χ0n) is 12.7. The number of hydrogen-bond donors (Lipinski definition) is 1. The molecule has 1 fully saturated rings. The maximum absolute atomic E-state index is 11.9. The Morgan fingerprint density at radius 2 is 2.00 bits per heavy atom. The molecule has 1 aliphatic heterocycles. The Bertz CT molecular complexity index is 430. The Kier molecular flexibility index (Phi) is 5.84. The summed E-state index contributed by atoms with van der Waals surface area (Å²) < 4.78 is 5.30. The van der Waals surface area contributed by atoms with E-state index in [1.165, 1.54) is 0 Å². The van der Waals surface area contributed by atoms with Gasteiger partial charge in [0, 0.05) is 18.0 Å². The lowest BCUT2D eigenvalue weighted by Gasteiger charge is -2.33. The van der Waals surface area contributed by atoms with E-state index in [4.69, 9.17) is 15.4 Å². The molecule has 21 heavy (non-hydrogen) atoms. The standard InChI is InChI=1S/C13H22N4O4/c1-13(2,3)21-12(20)17-6-4-9(5-7-17)8-10(11(18)19)15-16-14/h9-10H,4-8H2,1-3H3,(H,18,19)/t10-/m0/s1. The second-order valence-corrected chi connectivity index (χ2v) is 6.21. The van der Waals surface area contributed by atoms with Gasteiger partial charge in [-0.15, -0.1) is 0 Å². The number of carbonyl (C=O) groups excluding carboxylic acids is 1. The van der Waals surface area contributed by atoms with Crippen LogP contribution in [-0.4, -0.2) is 46.8 Å². The molecule has 0 saturated carbocycles. The van der Waals surface area contributed by atoms with Crippen LogP contribution in [0.3, 0.4) is 0 Å². The van der Waals surface area contributed by atoms with Crippen LogP contribution >= 0.6 is 0 Å². The molecule has 0 aliphatic carbocycles. The van der Waals surface area contributed by atoms with Crippen molar-refractivity contribution in [3.05, 3.63) is 10.4 Å². The summed E-state index contributed by atoms with van der Waals surface area (Å²) in [5.41, 5.74) is 7.84. The first kappa shape index (κ1) is 17.1. The third-order valence-corrected chi connectivity index (χ3v) is 3.30. The molecule has 0 aromatic carbocycles. The van der Waals surface area contributed by atoms with E-state index >= 15 is 0 Å². The summed E-state index contributed by atoms with van der Waals surface area (Å²) in [6.45, 7) is 6.50. The molecule has 8 nitrogen and oxygen atoms in total. The van der Waals surface area contributed by atoms with Crippen LogP contribution in [0.15, 0.2) is 5.11 Å². The number of likely N-dealkylation sites (tertiary alicyclic amines) is 1. The van der Waals surface area contributed by atoms with E-state index in [0.29, 0.717) is 32.4 Å². The van der Waals surface area contributed by atoms with Crippen LogP contribution in [-0.2, 0) is 9.53 Å². The van der Waals surface area contributed by atoms with E-state index in [0.717, 1.165) is 0 Å². The number of aliphatic carboxylic acids is 1. The molecule has 1 rings (SSSR count). The van der Waals surface area contributed by atoms with Crippen LogP contribution in [0, 0.1) is 5.92 Å². The Hall–Kier alpha value is -1.95. The van der Waals surface area contributed by atoms with Gasteiger partial charge in [-0.1, -0.05) is 5.11 Å². The fourth-order valence-corrected chi connectivity index (χ4v) is 2.25. The van der Waals surface area contributed by atoms with Gasteiger partial charge in [0.1, 0.15) is 11.6 Å². The number of amides is 1. The van der Waals surface area contributed by atoms with Gasteiger partial charge in [-0.3, -0.25) is 4.79 Å². The van der Waals surface area contributed by atoms with Crippen molar-refractivity contribution in [2.24, 2.45) is 11.0 Å². The van der Waals surface area contributed by atoms with Gasteiger partial charge in [0.25, 0.3) is 0 Å². The van der Waals surface area contributed by atoms with Crippen molar-refractivity contribution in [2.75, 3.05) is 13.1 Å². The summed E-state index contributed by atoms with van der Waals surface area (Å²) in [5.74, 6) is -0.974. The highest BCUT2D eigenvalue weighted by Gasteiger charge is 2.29. The molecule has 1 amide bonds. The average molecular weight is 298 g/mol. The van der Waals surface area contributed by atoms with Crippen LogP contribution in [0.5, 0.6) is 0 Å². The predicted octanol–water partition coefficient (Wildman–Crippen LogP) is 2.79. The maximum Gasteiger partial charge on any atom is 0.410 e. The molecule has 0 aromatic heterocycles. The molecule has 1 saturated heterocycles. The van der Waals surface area contributed by atoms with E-state index in [-0.39, 0.29) is 12.0 Å². The minimum atomic E-state index is -1.11. The van der Waals surface area contributed by atoms with E-state index in [1.54, 1.807) is 4.90 Å². The van der Waals surface area contributed by atoms with E-state index in [9.17, 15) is 9.59 Å². The quantitative estimate of drug-likeness (QED) is 0.488. The second kappa shape index (κ2) is 7.17. The monoisotopic (exact) mass is 298 g/mol. The Labute approximate surface area is 123 Å². The maximum atomic E-state index is 11.9. The molecule has 0 spiro atoms. The highest BCUT2D eigenvalue weighted by atomic mass is 16.6. The third-order valence-electron chi connectivity index (χ3n) is 3.30. The van der Waals surface area contributed by atoms with Crippen molar-refractivity contribution in [2.45, 2.75) is 51.7 Å². The Morgan fingerprint density at radius 3 is 2.43 bits per heavy atom. The van der Waals surface area contributed by atoms with Gasteiger partial charge in [0.2, 0.25) is 0 Å². The Morgan fingerprint density at radius 1 is 1.43 bits per heavy atom. The fourth-order valence-electron chi connectivity index (χ4n) is 2.25. The van der Waals surface area contributed by atoms with Crippen LogP contribution in [0.1, 0.15) is 40.0 Å². The van der Waals surface area contributed by atoms with E-state index in [1.807, 2.05) is 20.8 Å². The summed E-state index contributed by atoms with van der Waals surface area (Å²) >= 11 is 0. The van der Waals surface area contributed by atoms with Crippen molar-refractivity contribution in [1.29, 1.82) is 0 Å². The van der Waals surface area contributed by atoms with Gasteiger partial charge in [0.15, 0.2) is 0 Å². The Balaban J connectivity index is 2.46. The number of carboxylic acid groups (broad SMARTS) is 1. The lowest BCUT2D eigenvalue weighted by molar-refractivity contribution is -0.139. The number of carboxylic acids is 1. The largest absolute Gasteiger partial charge is 0.481 e. The van der Waals surface area contributed by atoms with Crippen LogP contribution in [0.25, 0.3) is 10.4 Å². The predicted molar refractivity (Wildman–Crippen MR) is 75.7 cm³/mol. The minimum Gasteiger partial charge on any atom is -0.481 e. The van der Waals surface area contributed by atoms with Crippen LogP contribution in [0.4, 0.5) is 4.79 Å². The summed E-state index contributed by atoms with van der Waals surface area (Å²) in [7, 11) is 0. The summed E-state index contributed by atoms with van der Waals surface area (Å²) in [5, 5.41) is 12.2. The summed E-state index contributed by atoms with van der Waals surface area (Å²) in [4.78, 5) is 27.0. The van der Waals surface area contributed by atoms with Gasteiger partial charge in [-0.25, -0.2) is 4.79 Å². The summed E-state index contributed by atoms with van der Waals surface area (Å²) in [6, 6.07) is -1.03. The number of nitrogens with zero attached hydrogens (tertiary/aromatic N) is 4. The number of azide groups is 1. The van der Waals surface area contributed by atoms with E-state index < -0.39 is 17.6 Å². The molecule has 1 heterocycles. The molecule has 1 atom stereocenters. The van der Waals surface area contributed by atoms with Gasteiger partial charge >= 0.3 is 12.1 Å². The minimum absolute atomic E-state index is 0.135. The summed E-state index contributed by atoms with van der Waals surface area (Å²) in [6.07, 6.45) is 1.33. The molecule has 0 radical (unpaired) electrons. The molecule has 118 valence electrons. The number of piperidine rings is 1. The van der Waals surface area contributed by atoms with Crippen molar-refractivity contribution in [3.63, 3.8) is 0 Å². The number of ether oxygens (including phenoxy) is 1. The smallest absolute Gasteiger partial charge is 0.410 e. The second-order valence-electron chi connectivity index (χ2n) is 6.21. The molecule has 1 aliphatic rings. The highest BCUT2D eigenvalue weighted by Crippen LogP contribution is 2.24. The first-order chi connectivity index (χ1) is 9.73. The molecular formula is C13H22N4O4. The first-order valence-electron chi connectivity index (χ1n) is 6.98. The topological polar surface area (TPSA) is 116 Å². The van der Waals surface area contributed by atoms with Crippen molar-refractivity contribution in [3.8, 4) is 0 Å². The van der Waals surface area contributed by atoms with Crippen molar-refractivity contribution in [1.82, 2.24) is 4.90 Å². The third kappa shape index (κ3) is 5.91. The van der Waals surface area contributed by atoms with Gasteiger partial charge in [0.05, 0.1) is 0 Å². The van der Waals surface area contributed by atoms with Crippen molar-refractivity contribution >= 4 is 12.1 Å². The molecular weight excluding hydrogens is 276 g/mol. The molecule has 1 N–H and O–H groups in total. The normalized spacial score (nSPS) is 17.8. The molecule has 0 bridgehead atoms. The number of rotatable bonds is 4. The first-order valence-corrected chi connectivity index (χ1v) is 6.98. The van der Waals surface area contributed by atoms with Gasteiger partial charge in [-0.05, 0) is 51.5 Å². The lowest BCUT2D eigenvalue weighted by Crippen LogP contribution is -2.42. The van der Waals surface area contributed by atoms with Crippen molar-refractivity contribution < 1.29 is 19.4 Å². The zero-order valence-corrected chi connectivity index (χ0v) is 12.7. The van der Waals surface area contributed by atoms with E-state index in [2.05, 4.69) is 10.0 Å². The SMILES string of the molecule is CC(C)(C)OC(=O)N1CCC(C[C@H](N=[N+]=[N-])C(=O)O)CC1. The van der Waals surface area contributed by atoms with Gasteiger partial charge in [-0.2, -0.15) is 0 Å². The molecule has 0 unspecified atom stereocenters.